The van der Waals surface area contributed by atoms with Gasteiger partial charge in [0.15, 0.2) is 5.82 Å². The first kappa shape index (κ1) is 20.8. The number of rotatable bonds is 5. The molecule has 0 unspecified atom stereocenters. The van der Waals surface area contributed by atoms with Crippen molar-refractivity contribution in [3.05, 3.63) is 83.3 Å². The van der Waals surface area contributed by atoms with Crippen LogP contribution in [0.3, 0.4) is 0 Å². The first-order chi connectivity index (χ1) is 15.3. The number of benzene rings is 2. The second-order valence-corrected chi connectivity index (χ2v) is 9.10. The standard InChI is InChI=1S/C25H22ClFN4O/c1-25(2,32)24-29-11-15(12-30-24)16-8-18-21(10-20(16)27)28-13-19(26)23(18)31-22-9-17(22)14-6-4-3-5-7-14/h3-8,10-13,17,22,32H,9H2,1-2H3,(H,28,31)/t17-,22+/m1/s1. The maximum absolute atomic E-state index is 14.9. The lowest BCUT2D eigenvalue weighted by Crippen LogP contribution is -2.19. The van der Waals surface area contributed by atoms with Crippen molar-refractivity contribution in [3.8, 4) is 11.1 Å². The molecule has 0 aliphatic heterocycles. The van der Waals surface area contributed by atoms with Crippen LogP contribution in [0.2, 0.25) is 5.02 Å². The second-order valence-electron chi connectivity index (χ2n) is 8.69. The van der Waals surface area contributed by atoms with Gasteiger partial charge in [0.05, 0.1) is 16.2 Å². The fourth-order valence-electron chi connectivity index (χ4n) is 3.95. The average Bonchev–Trinajstić information content (AvgIpc) is 3.55. The van der Waals surface area contributed by atoms with Gasteiger partial charge in [-0.25, -0.2) is 14.4 Å². The molecular formula is C25H22ClFN4O. The van der Waals surface area contributed by atoms with Crippen LogP contribution in [0.4, 0.5) is 10.1 Å². The number of halogens is 2. The predicted octanol–water partition coefficient (Wildman–Crippen LogP) is 5.68. The molecule has 0 saturated heterocycles. The highest BCUT2D eigenvalue weighted by Crippen LogP contribution is 2.45. The number of hydrogen-bond donors (Lipinski definition) is 2. The van der Waals surface area contributed by atoms with Crippen LogP contribution in [0.25, 0.3) is 22.0 Å². The summed E-state index contributed by atoms with van der Waals surface area (Å²) in [5.41, 5.74) is 2.24. The Balaban J connectivity index is 1.51. The molecule has 4 aromatic rings. The Morgan fingerprint density at radius 1 is 1.06 bits per heavy atom. The normalized spacial score (nSPS) is 18.0. The van der Waals surface area contributed by atoms with Crippen LogP contribution >= 0.6 is 11.6 Å². The van der Waals surface area contributed by atoms with E-state index in [-0.39, 0.29) is 11.9 Å². The van der Waals surface area contributed by atoms with E-state index in [0.717, 1.165) is 17.5 Å². The summed E-state index contributed by atoms with van der Waals surface area (Å²) in [5, 5.41) is 14.8. The molecular weight excluding hydrogens is 427 g/mol. The Morgan fingerprint density at radius 2 is 1.78 bits per heavy atom. The number of hydrogen-bond acceptors (Lipinski definition) is 5. The highest BCUT2D eigenvalue weighted by atomic mass is 35.5. The lowest BCUT2D eigenvalue weighted by Gasteiger charge is -2.16. The van der Waals surface area contributed by atoms with Gasteiger partial charge >= 0.3 is 0 Å². The van der Waals surface area contributed by atoms with Crippen molar-refractivity contribution in [2.75, 3.05) is 5.32 Å². The van der Waals surface area contributed by atoms with Gasteiger partial charge < -0.3 is 10.4 Å². The number of aromatic nitrogens is 3. The van der Waals surface area contributed by atoms with Crippen LogP contribution in [0, 0.1) is 5.82 Å². The Morgan fingerprint density at radius 3 is 2.47 bits per heavy atom. The van der Waals surface area contributed by atoms with Gasteiger partial charge in [-0.2, -0.15) is 0 Å². The largest absolute Gasteiger partial charge is 0.382 e. The summed E-state index contributed by atoms with van der Waals surface area (Å²) < 4.78 is 14.9. The third kappa shape index (κ3) is 3.92. The zero-order valence-electron chi connectivity index (χ0n) is 17.7. The number of anilines is 1. The summed E-state index contributed by atoms with van der Waals surface area (Å²) in [6, 6.07) is 13.7. The molecule has 1 fully saturated rings. The Kier molecular flexibility index (Phi) is 5.07. The van der Waals surface area contributed by atoms with Crippen LogP contribution in [0.15, 0.2) is 61.1 Å². The first-order valence-electron chi connectivity index (χ1n) is 10.5. The zero-order chi connectivity index (χ0) is 22.5. The molecule has 7 heteroatoms. The lowest BCUT2D eigenvalue weighted by atomic mass is 10.0. The van der Waals surface area contributed by atoms with E-state index in [2.05, 4.69) is 32.4 Å². The second kappa shape index (κ2) is 7.80. The highest BCUT2D eigenvalue weighted by Gasteiger charge is 2.38. The van der Waals surface area contributed by atoms with E-state index < -0.39 is 11.4 Å². The number of fused-ring (bicyclic) bond motifs is 1. The fraction of sp³-hybridized carbons (Fsp3) is 0.240. The van der Waals surface area contributed by atoms with E-state index in [1.807, 2.05) is 18.2 Å². The number of aliphatic hydroxyl groups is 1. The predicted molar refractivity (Wildman–Crippen MR) is 124 cm³/mol. The van der Waals surface area contributed by atoms with Gasteiger partial charge in [-0.3, -0.25) is 4.98 Å². The molecule has 32 heavy (non-hydrogen) atoms. The molecule has 2 aromatic heterocycles. The summed E-state index contributed by atoms with van der Waals surface area (Å²) in [6.07, 6.45) is 5.58. The maximum atomic E-state index is 14.9. The molecule has 1 aliphatic rings. The van der Waals surface area contributed by atoms with Gasteiger partial charge in [0.25, 0.3) is 0 Å². The summed E-state index contributed by atoms with van der Waals surface area (Å²) in [7, 11) is 0. The molecule has 2 N–H and O–H groups in total. The molecule has 2 heterocycles. The van der Waals surface area contributed by atoms with Crippen LogP contribution < -0.4 is 5.32 Å². The van der Waals surface area contributed by atoms with Crippen LogP contribution in [-0.2, 0) is 5.60 Å². The molecule has 1 saturated carbocycles. The molecule has 5 rings (SSSR count). The van der Waals surface area contributed by atoms with E-state index in [0.29, 0.717) is 27.6 Å². The van der Waals surface area contributed by atoms with E-state index in [1.165, 1.54) is 24.0 Å². The van der Waals surface area contributed by atoms with Gasteiger partial charge in [0, 0.05) is 53.1 Å². The molecule has 2 atom stereocenters. The van der Waals surface area contributed by atoms with E-state index in [1.54, 1.807) is 26.1 Å². The van der Waals surface area contributed by atoms with Gasteiger partial charge in [0.1, 0.15) is 11.4 Å². The first-order valence-corrected chi connectivity index (χ1v) is 10.8. The smallest absolute Gasteiger partial charge is 0.159 e. The summed E-state index contributed by atoms with van der Waals surface area (Å²) >= 11 is 6.51. The van der Waals surface area contributed by atoms with Crippen LogP contribution in [-0.4, -0.2) is 26.1 Å². The number of pyridine rings is 1. The van der Waals surface area contributed by atoms with Crippen LogP contribution in [0.1, 0.15) is 37.6 Å². The van der Waals surface area contributed by atoms with Crippen molar-refractivity contribution in [1.29, 1.82) is 0 Å². The summed E-state index contributed by atoms with van der Waals surface area (Å²) in [4.78, 5) is 12.7. The Bertz CT molecular complexity index is 1290. The quantitative estimate of drug-likeness (QED) is 0.411. The number of nitrogens with zero attached hydrogens (tertiary/aromatic N) is 3. The lowest BCUT2D eigenvalue weighted by molar-refractivity contribution is 0.0687. The third-order valence-corrected chi connectivity index (χ3v) is 6.06. The SMILES string of the molecule is CC(C)(O)c1ncc(-c2cc3c(N[C@H]4C[C@@H]4c4ccccc4)c(Cl)cnc3cc2F)cn1. The van der Waals surface area contributed by atoms with Crippen molar-refractivity contribution in [2.45, 2.75) is 37.8 Å². The van der Waals surface area contributed by atoms with E-state index in [9.17, 15) is 9.50 Å². The molecule has 0 radical (unpaired) electrons. The molecule has 2 aromatic carbocycles. The van der Waals surface area contributed by atoms with Crippen molar-refractivity contribution in [3.63, 3.8) is 0 Å². The minimum absolute atomic E-state index is 0.253. The Hall–Kier alpha value is -3.09. The molecule has 0 bridgehead atoms. The molecule has 0 spiro atoms. The molecule has 0 amide bonds. The van der Waals surface area contributed by atoms with Gasteiger partial charge in [-0.05, 0) is 31.9 Å². The summed E-state index contributed by atoms with van der Waals surface area (Å²) in [5.74, 6) is 0.264. The molecule has 5 nitrogen and oxygen atoms in total. The minimum atomic E-state index is -1.17. The zero-order valence-corrected chi connectivity index (χ0v) is 18.4. The Labute approximate surface area is 190 Å². The van der Waals surface area contributed by atoms with E-state index >= 15 is 0 Å². The van der Waals surface area contributed by atoms with Crippen molar-refractivity contribution >= 4 is 28.2 Å². The topological polar surface area (TPSA) is 70.9 Å². The van der Waals surface area contributed by atoms with Gasteiger partial charge in [-0.15, -0.1) is 0 Å². The van der Waals surface area contributed by atoms with Crippen molar-refractivity contribution in [2.24, 2.45) is 0 Å². The molecule has 1 aliphatic carbocycles. The van der Waals surface area contributed by atoms with Crippen molar-refractivity contribution < 1.29 is 9.50 Å². The average molecular weight is 449 g/mol. The van der Waals surface area contributed by atoms with E-state index in [4.69, 9.17) is 11.6 Å². The third-order valence-electron chi connectivity index (χ3n) is 5.77. The fourth-order valence-corrected chi connectivity index (χ4v) is 4.15. The number of nitrogens with one attached hydrogen (secondary N) is 1. The summed E-state index contributed by atoms with van der Waals surface area (Å²) in [6.45, 7) is 3.20. The minimum Gasteiger partial charge on any atom is -0.382 e. The highest BCUT2D eigenvalue weighted by molar-refractivity contribution is 6.34. The van der Waals surface area contributed by atoms with Crippen LogP contribution in [0.5, 0.6) is 0 Å². The monoisotopic (exact) mass is 448 g/mol. The van der Waals surface area contributed by atoms with Crippen molar-refractivity contribution in [1.82, 2.24) is 15.0 Å². The molecule has 162 valence electrons. The van der Waals surface area contributed by atoms with Gasteiger partial charge in [-0.1, -0.05) is 41.9 Å². The van der Waals surface area contributed by atoms with Gasteiger partial charge in [0.2, 0.25) is 0 Å². The maximum Gasteiger partial charge on any atom is 0.159 e.